The van der Waals surface area contributed by atoms with E-state index >= 15 is 0 Å². The number of aliphatic hydroxyl groups excluding tert-OH is 1. The highest BCUT2D eigenvalue weighted by Crippen LogP contribution is 2.29. The van der Waals surface area contributed by atoms with Crippen LogP contribution in [0.25, 0.3) is 0 Å². The average Bonchev–Trinajstić information content (AvgIpc) is 2.76. The lowest BCUT2D eigenvalue weighted by molar-refractivity contribution is 0.212. The molecule has 1 aromatic heterocycles. The van der Waals surface area contributed by atoms with E-state index in [0.717, 1.165) is 11.1 Å². The lowest BCUT2D eigenvalue weighted by Gasteiger charge is -2.14. The van der Waals surface area contributed by atoms with Crippen LogP contribution in [0, 0.1) is 0 Å². The van der Waals surface area contributed by atoms with Crippen LogP contribution in [0.15, 0.2) is 36.7 Å². The number of ether oxygens (including phenoxy) is 1. The number of aryl methyl sites for hydroxylation is 1. The third-order valence-electron chi connectivity index (χ3n) is 2.55. The van der Waals surface area contributed by atoms with Gasteiger partial charge in [-0.3, -0.25) is 4.68 Å². The molecule has 2 aromatic rings. The Morgan fingerprint density at radius 2 is 2.18 bits per heavy atom. The molecule has 1 atom stereocenters. The van der Waals surface area contributed by atoms with E-state index in [1.54, 1.807) is 17.1 Å². The van der Waals surface area contributed by atoms with Gasteiger partial charge in [0, 0.05) is 24.4 Å². The summed E-state index contributed by atoms with van der Waals surface area (Å²) in [4.78, 5) is 0. The molecule has 1 unspecified atom stereocenters. The van der Waals surface area contributed by atoms with Crippen molar-refractivity contribution in [2.75, 3.05) is 6.61 Å². The number of aromatic nitrogens is 2. The van der Waals surface area contributed by atoms with Gasteiger partial charge < -0.3 is 9.84 Å². The number of nitrogens with zero attached hydrogens (tertiary/aromatic N) is 2. The minimum Gasteiger partial charge on any atom is -0.493 e. The van der Waals surface area contributed by atoms with E-state index in [9.17, 15) is 5.11 Å². The molecular formula is C13H16N2O2. The van der Waals surface area contributed by atoms with Crippen LogP contribution in [-0.4, -0.2) is 21.5 Å². The average molecular weight is 232 g/mol. The summed E-state index contributed by atoms with van der Waals surface area (Å²) in [7, 11) is 1.82. The van der Waals surface area contributed by atoms with Crippen molar-refractivity contribution in [2.24, 2.45) is 7.05 Å². The van der Waals surface area contributed by atoms with Gasteiger partial charge in [0.25, 0.3) is 0 Å². The van der Waals surface area contributed by atoms with E-state index in [1.807, 2.05) is 38.2 Å². The van der Waals surface area contributed by atoms with Crippen LogP contribution in [-0.2, 0) is 7.05 Å². The Balaban J connectivity index is 2.33. The van der Waals surface area contributed by atoms with Crippen molar-refractivity contribution in [3.8, 4) is 5.75 Å². The molecule has 2 rings (SSSR count). The highest BCUT2D eigenvalue weighted by atomic mass is 16.5. The SMILES string of the molecule is CCOc1ccccc1C(O)c1cnn(C)c1. The van der Waals surface area contributed by atoms with Gasteiger partial charge in [-0.15, -0.1) is 0 Å². The summed E-state index contributed by atoms with van der Waals surface area (Å²) in [6.07, 6.45) is 2.76. The van der Waals surface area contributed by atoms with E-state index in [1.165, 1.54) is 0 Å². The molecule has 0 bridgehead atoms. The van der Waals surface area contributed by atoms with Crippen molar-refractivity contribution in [2.45, 2.75) is 13.0 Å². The van der Waals surface area contributed by atoms with Crippen molar-refractivity contribution in [1.29, 1.82) is 0 Å². The maximum atomic E-state index is 10.3. The molecule has 0 aliphatic carbocycles. The number of para-hydroxylation sites is 1. The monoisotopic (exact) mass is 232 g/mol. The maximum absolute atomic E-state index is 10.3. The van der Waals surface area contributed by atoms with Gasteiger partial charge in [-0.05, 0) is 13.0 Å². The first-order chi connectivity index (χ1) is 8.22. The number of hydrogen-bond donors (Lipinski definition) is 1. The van der Waals surface area contributed by atoms with Crippen LogP contribution in [0.5, 0.6) is 5.75 Å². The number of aliphatic hydroxyl groups is 1. The van der Waals surface area contributed by atoms with Gasteiger partial charge >= 0.3 is 0 Å². The molecule has 0 saturated carbocycles. The standard InChI is InChI=1S/C13H16N2O2/c1-3-17-12-7-5-4-6-11(12)13(16)10-8-14-15(2)9-10/h4-9,13,16H,3H2,1-2H3. The third-order valence-corrected chi connectivity index (χ3v) is 2.55. The molecule has 0 saturated heterocycles. The van der Waals surface area contributed by atoms with Crippen LogP contribution in [0.4, 0.5) is 0 Å². The highest BCUT2D eigenvalue weighted by molar-refractivity contribution is 5.39. The predicted octanol–water partition coefficient (Wildman–Crippen LogP) is 1.90. The molecule has 0 fully saturated rings. The van der Waals surface area contributed by atoms with Gasteiger partial charge in [0.15, 0.2) is 0 Å². The summed E-state index contributed by atoms with van der Waals surface area (Å²) < 4.78 is 7.17. The molecule has 0 spiro atoms. The first kappa shape index (κ1) is 11.7. The predicted molar refractivity (Wildman–Crippen MR) is 64.9 cm³/mol. The van der Waals surface area contributed by atoms with Gasteiger partial charge in [0.2, 0.25) is 0 Å². The highest BCUT2D eigenvalue weighted by Gasteiger charge is 2.16. The summed E-state index contributed by atoms with van der Waals surface area (Å²) in [6, 6.07) is 7.50. The zero-order valence-corrected chi connectivity index (χ0v) is 10.00. The van der Waals surface area contributed by atoms with E-state index in [4.69, 9.17) is 4.74 Å². The Labute approximate surface area is 100 Å². The molecule has 0 amide bonds. The normalized spacial score (nSPS) is 12.4. The topological polar surface area (TPSA) is 47.3 Å². The summed E-state index contributed by atoms with van der Waals surface area (Å²) in [6.45, 7) is 2.50. The van der Waals surface area contributed by atoms with Crippen LogP contribution < -0.4 is 4.74 Å². The van der Waals surface area contributed by atoms with Crippen molar-refractivity contribution < 1.29 is 9.84 Å². The minimum atomic E-state index is -0.702. The van der Waals surface area contributed by atoms with Gasteiger partial charge in [0.1, 0.15) is 11.9 Å². The number of benzene rings is 1. The summed E-state index contributed by atoms with van der Waals surface area (Å²) in [5, 5.41) is 14.3. The zero-order chi connectivity index (χ0) is 12.3. The van der Waals surface area contributed by atoms with Gasteiger partial charge in [-0.2, -0.15) is 5.10 Å². The zero-order valence-electron chi connectivity index (χ0n) is 10.00. The molecule has 90 valence electrons. The minimum absolute atomic E-state index is 0.580. The molecule has 0 aliphatic heterocycles. The molecule has 17 heavy (non-hydrogen) atoms. The van der Waals surface area contributed by atoms with E-state index in [-0.39, 0.29) is 0 Å². The van der Waals surface area contributed by atoms with Crippen molar-refractivity contribution >= 4 is 0 Å². The second kappa shape index (κ2) is 5.01. The summed E-state index contributed by atoms with van der Waals surface area (Å²) in [5.74, 6) is 0.714. The first-order valence-corrected chi connectivity index (χ1v) is 5.60. The van der Waals surface area contributed by atoms with Crippen molar-refractivity contribution in [3.63, 3.8) is 0 Å². The van der Waals surface area contributed by atoms with Gasteiger partial charge in [0.05, 0.1) is 12.8 Å². The molecule has 0 aliphatic rings. The fourth-order valence-corrected chi connectivity index (χ4v) is 1.75. The van der Waals surface area contributed by atoms with Crippen molar-refractivity contribution in [3.05, 3.63) is 47.8 Å². The van der Waals surface area contributed by atoms with E-state index in [2.05, 4.69) is 5.10 Å². The Bertz CT molecular complexity index is 494. The number of hydrogen-bond acceptors (Lipinski definition) is 3. The molecule has 1 N–H and O–H groups in total. The molecule has 1 heterocycles. The second-order valence-corrected chi connectivity index (χ2v) is 3.82. The third kappa shape index (κ3) is 2.47. The fourth-order valence-electron chi connectivity index (χ4n) is 1.75. The number of rotatable bonds is 4. The summed E-state index contributed by atoms with van der Waals surface area (Å²) >= 11 is 0. The van der Waals surface area contributed by atoms with E-state index < -0.39 is 6.10 Å². The summed E-state index contributed by atoms with van der Waals surface area (Å²) in [5.41, 5.74) is 1.53. The molecule has 0 radical (unpaired) electrons. The quantitative estimate of drug-likeness (QED) is 0.875. The largest absolute Gasteiger partial charge is 0.493 e. The second-order valence-electron chi connectivity index (χ2n) is 3.82. The maximum Gasteiger partial charge on any atom is 0.125 e. The van der Waals surface area contributed by atoms with Crippen LogP contribution in [0.1, 0.15) is 24.2 Å². The Morgan fingerprint density at radius 3 is 2.82 bits per heavy atom. The van der Waals surface area contributed by atoms with Gasteiger partial charge in [-0.1, -0.05) is 18.2 Å². The lowest BCUT2D eigenvalue weighted by atomic mass is 10.0. The van der Waals surface area contributed by atoms with Crippen molar-refractivity contribution in [1.82, 2.24) is 9.78 Å². The van der Waals surface area contributed by atoms with E-state index in [0.29, 0.717) is 12.4 Å². The smallest absolute Gasteiger partial charge is 0.125 e. The molecule has 1 aromatic carbocycles. The fraction of sp³-hybridized carbons (Fsp3) is 0.308. The molecular weight excluding hydrogens is 216 g/mol. The van der Waals surface area contributed by atoms with Gasteiger partial charge in [-0.25, -0.2) is 0 Å². The lowest BCUT2D eigenvalue weighted by Crippen LogP contribution is -2.03. The first-order valence-electron chi connectivity index (χ1n) is 5.60. The van der Waals surface area contributed by atoms with Crippen LogP contribution in [0.2, 0.25) is 0 Å². The Hall–Kier alpha value is -1.81. The van der Waals surface area contributed by atoms with Crippen LogP contribution in [0.3, 0.4) is 0 Å². The molecule has 4 heteroatoms. The Morgan fingerprint density at radius 1 is 1.41 bits per heavy atom. The Kier molecular flexibility index (Phi) is 3.44. The van der Waals surface area contributed by atoms with Crippen LogP contribution >= 0.6 is 0 Å². The molecule has 4 nitrogen and oxygen atoms in total.